The lowest BCUT2D eigenvalue weighted by atomic mass is 10.1. The fourth-order valence-electron chi connectivity index (χ4n) is 3.19. The molecule has 0 aliphatic heterocycles. The number of ether oxygens (including phenoxy) is 1. The number of benzene rings is 3. The molecule has 2 amide bonds. The maximum Gasteiger partial charge on any atom is 0.255 e. The van der Waals surface area contributed by atoms with E-state index in [0.29, 0.717) is 34.5 Å². The van der Waals surface area contributed by atoms with E-state index in [2.05, 4.69) is 25.8 Å². The molecular formula is C26H25N5O3S. The Bertz CT molecular complexity index is 1290. The van der Waals surface area contributed by atoms with Gasteiger partial charge in [-0.05, 0) is 62.4 Å². The van der Waals surface area contributed by atoms with Gasteiger partial charge in [0, 0.05) is 22.5 Å². The predicted molar refractivity (Wildman–Crippen MR) is 138 cm³/mol. The fraction of sp³-hybridized carbons (Fsp3) is 0.154. The van der Waals surface area contributed by atoms with Crippen LogP contribution < -0.4 is 15.4 Å². The van der Waals surface area contributed by atoms with E-state index in [-0.39, 0.29) is 17.6 Å². The highest BCUT2D eigenvalue weighted by molar-refractivity contribution is 7.99. The minimum Gasteiger partial charge on any atom is -0.494 e. The second-order valence-electron chi connectivity index (χ2n) is 7.66. The maximum absolute atomic E-state index is 12.5. The highest BCUT2D eigenvalue weighted by Gasteiger charge is 2.11. The van der Waals surface area contributed by atoms with Crippen LogP contribution in [-0.4, -0.2) is 39.4 Å². The Morgan fingerprint density at radius 3 is 2.26 bits per heavy atom. The number of carbonyl (C=O) groups is 2. The second kappa shape index (κ2) is 11.3. The van der Waals surface area contributed by atoms with Gasteiger partial charge in [-0.25, -0.2) is 4.98 Å². The summed E-state index contributed by atoms with van der Waals surface area (Å²) in [6.45, 7) is 4.52. The number of aromatic amines is 1. The topological polar surface area (TPSA) is 109 Å². The molecule has 3 N–H and O–H groups in total. The molecule has 4 aromatic rings. The van der Waals surface area contributed by atoms with Crippen LogP contribution in [0.15, 0.2) is 78.0 Å². The Hall–Kier alpha value is -4.11. The van der Waals surface area contributed by atoms with Crippen molar-refractivity contribution in [2.24, 2.45) is 0 Å². The number of H-pyrrole nitrogens is 1. The first-order chi connectivity index (χ1) is 17.0. The lowest BCUT2D eigenvalue weighted by Crippen LogP contribution is -2.15. The summed E-state index contributed by atoms with van der Waals surface area (Å²) in [7, 11) is 0. The van der Waals surface area contributed by atoms with Gasteiger partial charge >= 0.3 is 0 Å². The van der Waals surface area contributed by atoms with Crippen molar-refractivity contribution in [2.75, 3.05) is 23.0 Å². The van der Waals surface area contributed by atoms with Crippen LogP contribution in [-0.2, 0) is 4.79 Å². The third-order valence-corrected chi connectivity index (χ3v) is 5.82. The normalized spacial score (nSPS) is 10.6. The molecule has 8 nitrogen and oxygen atoms in total. The summed E-state index contributed by atoms with van der Waals surface area (Å²) in [5.74, 6) is 1.14. The van der Waals surface area contributed by atoms with Crippen LogP contribution in [0.4, 0.5) is 11.4 Å². The first kappa shape index (κ1) is 24.0. The first-order valence-electron chi connectivity index (χ1n) is 11.1. The number of aryl methyl sites for hydroxylation is 1. The lowest BCUT2D eigenvalue weighted by molar-refractivity contribution is -0.113. The number of nitrogens with one attached hydrogen (secondary N) is 3. The molecule has 0 saturated carbocycles. The average molecular weight is 488 g/mol. The molecule has 1 heterocycles. The number of hydrogen-bond acceptors (Lipinski definition) is 6. The van der Waals surface area contributed by atoms with E-state index in [9.17, 15) is 9.59 Å². The number of amides is 2. The van der Waals surface area contributed by atoms with Crippen molar-refractivity contribution in [3.63, 3.8) is 0 Å². The summed E-state index contributed by atoms with van der Waals surface area (Å²) in [6.07, 6.45) is 0. The Kier molecular flexibility index (Phi) is 7.79. The van der Waals surface area contributed by atoms with E-state index in [0.717, 1.165) is 11.3 Å². The van der Waals surface area contributed by atoms with Gasteiger partial charge in [0.15, 0.2) is 5.82 Å². The van der Waals surface area contributed by atoms with Crippen molar-refractivity contribution in [1.82, 2.24) is 15.2 Å². The highest BCUT2D eigenvalue weighted by Crippen LogP contribution is 2.20. The summed E-state index contributed by atoms with van der Waals surface area (Å²) in [6, 6.07) is 21.8. The van der Waals surface area contributed by atoms with Gasteiger partial charge in [0.25, 0.3) is 5.91 Å². The fourth-order valence-corrected chi connectivity index (χ4v) is 3.79. The molecule has 0 atom stereocenters. The smallest absolute Gasteiger partial charge is 0.255 e. The van der Waals surface area contributed by atoms with Crippen molar-refractivity contribution >= 4 is 35.0 Å². The lowest BCUT2D eigenvalue weighted by Gasteiger charge is -2.08. The molecule has 178 valence electrons. The number of nitrogens with zero attached hydrogens (tertiary/aromatic N) is 2. The quantitative estimate of drug-likeness (QED) is 0.281. The molecule has 0 aliphatic rings. The van der Waals surface area contributed by atoms with Gasteiger partial charge in [0.1, 0.15) is 5.75 Å². The number of anilines is 2. The predicted octanol–water partition coefficient (Wildman–Crippen LogP) is 5.16. The van der Waals surface area contributed by atoms with Crippen LogP contribution in [0.1, 0.15) is 22.8 Å². The summed E-state index contributed by atoms with van der Waals surface area (Å²) >= 11 is 1.24. The minimum absolute atomic E-state index is 0.158. The summed E-state index contributed by atoms with van der Waals surface area (Å²) < 4.78 is 5.40. The molecule has 35 heavy (non-hydrogen) atoms. The summed E-state index contributed by atoms with van der Waals surface area (Å²) in [4.78, 5) is 29.3. The average Bonchev–Trinajstić information content (AvgIpc) is 3.34. The van der Waals surface area contributed by atoms with Crippen molar-refractivity contribution < 1.29 is 14.3 Å². The van der Waals surface area contributed by atoms with Gasteiger partial charge in [-0.15, -0.1) is 5.10 Å². The zero-order valence-electron chi connectivity index (χ0n) is 19.4. The molecule has 9 heteroatoms. The third kappa shape index (κ3) is 6.70. The van der Waals surface area contributed by atoms with Gasteiger partial charge in [-0.2, -0.15) is 0 Å². The zero-order valence-corrected chi connectivity index (χ0v) is 20.2. The third-order valence-electron chi connectivity index (χ3n) is 4.98. The van der Waals surface area contributed by atoms with E-state index in [1.165, 1.54) is 17.3 Å². The summed E-state index contributed by atoms with van der Waals surface area (Å²) in [5, 5.41) is 13.2. The standard InChI is InChI=1S/C26H25N5O3S/c1-3-34-22-14-12-21(13-15-22)28-25(33)19-8-10-20(11-9-19)27-23(32)16-35-26-29-24(30-31-26)18-6-4-17(2)5-7-18/h4-15H,3,16H2,1-2H3,(H,27,32)(H,28,33)(H,29,30,31). The maximum atomic E-state index is 12.5. The van der Waals surface area contributed by atoms with Crippen LogP contribution in [0, 0.1) is 6.92 Å². The molecule has 4 rings (SSSR count). The molecule has 0 spiro atoms. The zero-order chi connectivity index (χ0) is 24.6. The number of rotatable bonds is 9. The number of carbonyl (C=O) groups excluding carboxylic acids is 2. The molecule has 3 aromatic carbocycles. The molecule has 0 bridgehead atoms. The Morgan fingerprint density at radius 1 is 0.914 bits per heavy atom. The SMILES string of the molecule is CCOc1ccc(NC(=O)c2ccc(NC(=O)CSc3n[nH]c(-c4ccc(C)cc4)n3)cc2)cc1. The molecular weight excluding hydrogens is 462 g/mol. The van der Waals surface area contributed by atoms with Gasteiger partial charge in [-0.1, -0.05) is 41.6 Å². The molecule has 0 aliphatic carbocycles. The van der Waals surface area contributed by atoms with E-state index >= 15 is 0 Å². The number of aromatic nitrogens is 3. The van der Waals surface area contributed by atoms with E-state index < -0.39 is 0 Å². The first-order valence-corrected chi connectivity index (χ1v) is 12.0. The monoisotopic (exact) mass is 487 g/mol. The number of hydrogen-bond donors (Lipinski definition) is 3. The second-order valence-corrected chi connectivity index (χ2v) is 8.60. The Balaban J connectivity index is 1.26. The minimum atomic E-state index is -0.239. The van der Waals surface area contributed by atoms with Crippen molar-refractivity contribution in [1.29, 1.82) is 0 Å². The highest BCUT2D eigenvalue weighted by atomic mass is 32.2. The van der Waals surface area contributed by atoms with Gasteiger partial charge in [-0.3, -0.25) is 14.7 Å². The van der Waals surface area contributed by atoms with E-state index in [4.69, 9.17) is 4.74 Å². The van der Waals surface area contributed by atoms with Crippen molar-refractivity contribution in [3.8, 4) is 17.1 Å². The molecule has 0 fully saturated rings. The molecule has 0 unspecified atom stereocenters. The van der Waals surface area contributed by atoms with Gasteiger partial charge in [0.05, 0.1) is 12.4 Å². The van der Waals surface area contributed by atoms with Gasteiger partial charge < -0.3 is 15.4 Å². The van der Waals surface area contributed by atoms with E-state index in [1.54, 1.807) is 48.5 Å². The van der Waals surface area contributed by atoms with Crippen molar-refractivity contribution in [2.45, 2.75) is 19.0 Å². The molecule has 1 aromatic heterocycles. The van der Waals surface area contributed by atoms with Crippen LogP contribution in [0.3, 0.4) is 0 Å². The molecule has 0 radical (unpaired) electrons. The van der Waals surface area contributed by atoms with Crippen LogP contribution in [0.25, 0.3) is 11.4 Å². The van der Waals surface area contributed by atoms with Crippen LogP contribution >= 0.6 is 11.8 Å². The van der Waals surface area contributed by atoms with Crippen LogP contribution in [0.5, 0.6) is 5.75 Å². The Morgan fingerprint density at radius 2 is 1.57 bits per heavy atom. The van der Waals surface area contributed by atoms with Crippen molar-refractivity contribution in [3.05, 3.63) is 83.9 Å². The van der Waals surface area contributed by atoms with Gasteiger partial charge in [0.2, 0.25) is 11.1 Å². The largest absolute Gasteiger partial charge is 0.494 e. The number of thioether (sulfide) groups is 1. The summed E-state index contributed by atoms with van der Waals surface area (Å²) in [5.41, 5.74) is 3.86. The molecule has 0 saturated heterocycles. The Labute approximate surface area is 207 Å². The van der Waals surface area contributed by atoms with Crippen LogP contribution in [0.2, 0.25) is 0 Å². The van der Waals surface area contributed by atoms with E-state index in [1.807, 2.05) is 38.1 Å².